The van der Waals surface area contributed by atoms with Crippen LogP contribution >= 0.6 is 0 Å². The number of hydrogen-bond donors (Lipinski definition) is 2. The molecule has 1 aromatic rings. The van der Waals surface area contributed by atoms with Gasteiger partial charge >= 0.3 is 0 Å². The first-order valence-corrected chi connectivity index (χ1v) is 8.73. The van der Waals surface area contributed by atoms with Gasteiger partial charge in [-0.25, -0.2) is 4.68 Å². The molecular formula is C15H32N6O+2. The molecule has 0 amide bonds. The fraction of sp³-hybridized carbons (Fsp3) is 0.933. The molecule has 126 valence electrons. The summed E-state index contributed by atoms with van der Waals surface area (Å²) in [6.45, 7) is 12.1. The van der Waals surface area contributed by atoms with Crippen LogP contribution in [0.1, 0.15) is 45.0 Å². The van der Waals surface area contributed by atoms with Gasteiger partial charge in [0.2, 0.25) is 5.82 Å². The molecule has 2 N–H and O–H groups in total. The van der Waals surface area contributed by atoms with E-state index in [0.29, 0.717) is 12.6 Å². The zero-order valence-corrected chi connectivity index (χ0v) is 14.3. The molecule has 22 heavy (non-hydrogen) atoms. The summed E-state index contributed by atoms with van der Waals surface area (Å²) >= 11 is 0. The lowest BCUT2D eigenvalue weighted by Gasteiger charge is -2.33. The minimum Gasteiger partial charge on any atom is -0.383 e. The Hall–Kier alpha value is -1.05. The molecule has 1 atom stereocenters. The highest BCUT2D eigenvalue weighted by atomic mass is 16.5. The number of hydrogen-bond acceptors (Lipinski definition) is 4. The maximum Gasteiger partial charge on any atom is 0.209 e. The van der Waals surface area contributed by atoms with E-state index in [1.54, 1.807) is 16.9 Å². The molecule has 0 aromatic carbocycles. The molecule has 1 aromatic heterocycles. The van der Waals surface area contributed by atoms with Crippen molar-refractivity contribution >= 4 is 0 Å². The first-order chi connectivity index (χ1) is 10.8. The predicted octanol–water partition coefficient (Wildman–Crippen LogP) is -1.65. The number of unbranched alkanes of at least 4 members (excludes halogenated alkanes) is 1. The van der Waals surface area contributed by atoms with Crippen LogP contribution in [0.15, 0.2) is 0 Å². The number of quaternary nitrogens is 2. The Morgan fingerprint density at radius 1 is 1.23 bits per heavy atom. The molecule has 2 rings (SSSR count). The molecule has 1 aliphatic heterocycles. The summed E-state index contributed by atoms with van der Waals surface area (Å²) in [4.78, 5) is 3.37. The first kappa shape index (κ1) is 17.3. The van der Waals surface area contributed by atoms with Crippen molar-refractivity contribution in [2.75, 3.05) is 46.4 Å². The number of methoxy groups -OCH3 is 1. The molecule has 1 aliphatic rings. The highest BCUT2D eigenvalue weighted by molar-refractivity contribution is 4.87. The fourth-order valence-electron chi connectivity index (χ4n) is 3.35. The molecule has 0 aliphatic carbocycles. The number of aromatic nitrogens is 4. The van der Waals surface area contributed by atoms with E-state index in [2.05, 4.69) is 29.4 Å². The van der Waals surface area contributed by atoms with E-state index in [0.717, 1.165) is 12.4 Å². The van der Waals surface area contributed by atoms with Crippen molar-refractivity contribution in [2.24, 2.45) is 0 Å². The van der Waals surface area contributed by atoms with Gasteiger partial charge in [0.15, 0.2) is 0 Å². The van der Waals surface area contributed by atoms with Crippen molar-refractivity contribution in [1.29, 1.82) is 0 Å². The molecule has 0 radical (unpaired) electrons. The molecule has 7 heteroatoms. The molecule has 0 unspecified atom stereocenters. The van der Waals surface area contributed by atoms with Gasteiger partial charge in [-0.15, -0.1) is 5.10 Å². The monoisotopic (exact) mass is 312 g/mol. The Balaban J connectivity index is 2.07. The second kappa shape index (κ2) is 9.17. The summed E-state index contributed by atoms with van der Waals surface area (Å²) in [5, 5.41) is 12.4. The van der Waals surface area contributed by atoms with E-state index in [9.17, 15) is 0 Å². The van der Waals surface area contributed by atoms with E-state index < -0.39 is 0 Å². The second-order valence-corrected chi connectivity index (χ2v) is 6.21. The van der Waals surface area contributed by atoms with Gasteiger partial charge in [-0.1, -0.05) is 13.3 Å². The maximum absolute atomic E-state index is 5.18. The smallest absolute Gasteiger partial charge is 0.209 e. The molecule has 0 spiro atoms. The van der Waals surface area contributed by atoms with Crippen LogP contribution in [0.25, 0.3) is 0 Å². The average Bonchev–Trinajstić information content (AvgIpc) is 3.02. The standard InChI is InChI=1S/C15H30N6O/c1-4-6-7-14(20-10-8-19(5-2)9-11-20)15-16-17-18-21(15)12-13-22-3/h14H,4-13H2,1-3H3/p+2/t14-/m0/s1. The van der Waals surface area contributed by atoms with E-state index in [1.807, 2.05) is 4.68 Å². The lowest BCUT2D eigenvalue weighted by Crippen LogP contribution is -3.28. The number of likely N-dealkylation sites (N-methyl/N-ethyl adjacent to an activating group) is 1. The van der Waals surface area contributed by atoms with Gasteiger partial charge in [-0.05, 0) is 23.8 Å². The summed E-state index contributed by atoms with van der Waals surface area (Å²) in [5.41, 5.74) is 0. The third-order valence-corrected chi connectivity index (χ3v) is 4.82. The van der Waals surface area contributed by atoms with Gasteiger partial charge < -0.3 is 14.5 Å². The van der Waals surface area contributed by atoms with Crippen LogP contribution in [0, 0.1) is 0 Å². The molecule has 2 heterocycles. The van der Waals surface area contributed by atoms with Crippen LogP contribution in [-0.2, 0) is 11.3 Å². The van der Waals surface area contributed by atoms with Crippen LogP contribution in [0.2, 0.25) is 0 Å². The van der Waals surface area contributed by atoms with Gasteiger partial charge in [0.1, 0.15) is 32.2 Å². The normalized spacial score (nSPS) is 23.6. The zero-order chi connectivity index (χ0) is 15.8. The summed E-state index contributed by atoms with van der Waals surface area (Å²) in [5.74, 6) is 1.04. The van der Waals surface area contributed by atoms with Crippen LogP contribution in [0.5, 0.6) is 0 Å². The highest BCUT2D eigenvalue weighted by Gasteiger charge is 2.33. The lowest BCUT2D eigenvalue weighted by molar-refractivity contribution is -1.03. The van der Waals surface area contributed by atoms with E-state index in [1.165, 1.54) is 52.0 Å². The molecule has 0 bridgehead atoms. The number of tetrazole rings is 1. The Labute approximate surface area is 133 Å². The van der Waals surface area contributed by atoms with Gasteiger partial charge in [-0.3, -0.25) is 0 Å². The van der Waals surface area contributed by atoms with Gasteiger partial charge in [0, 0.05) is 13.5 Å². The largest absolute Gasteiger partial charge is 0.383 e. The minimum atomic E-state index is 0.421. The van der Waals surface area contributed by atoms with Crippen LogP contribution in [0.3, 0.4) is 0 Å². The number of nitrogens with one attached hydrogen (secondary N) is 2. The predicted molar refractivity (Wildman–Crippen MR) is 83.9 cm³/mol. The Kier molecular flexibility index (Phi) is 7.21. The average molecular weight is 312 g/mol. The van der Waals surface area contributed by atoms with Crippen molar-refractivity contribution in [2.45, 2.75) is 45.7 Å². The van der Waals surface area contributed by atoms with Crippen molar-refractivity contribution in [1.82, 2.24) is 20.2 Å². The van der Waals surface area contributed by atoms with Gasteiger partial charge in [0.25, 0.3) is 0 Å². The molecular weight excluding hydrogens is 280 g/mol. The highest BCUT2D eigenvalue weighted by Crippen LogP contribution is 2.13. The van der Waals surface area contributed by atoms with E-state index in [-0.39, 0.29) is 0 Å². The lowest BCUT2D eigenvalue weighted by atomic mass is 10.1. The van der Waals surface area contributed by atoms with Gasteiger partial charge in [0.05, 0.1) is 19.7 Å². The number of nitrogens with zero attached hydrogens (tertiary/aromatic N) is 4. The molecule has 1 saturated heterocycles. The van der Waals surface area contributed by atoms with Crippen LogP contribution < -0.4 is 9.80 Å². The Morgan fingerprint density at radius 3 is 2.64 bits per heavy atom. The Bertz CT molecular complexity index is 416. The van der Waals surface area contributed by atoms with Crippen molar-refractivity contribution < 1.29 is 14.5 Å². The van der Waals surface area contributed by atoms with Gasteiger partial charge in [-0.2, -0.15) is 0 Å². The molecule has 1 fully saturated rings. The maximum atomic E-state index is 5.18. The quantitative estimate of drug-likeness (QED) is 0.574. The van der Waals surface area contributed by atoms with Crippen LogP contribution in [-0.4, -0.2) is 66.6 Å². The third kappa shape index (κ3) is 4.47. The topological polar surface area (TPSA) is 61.7 Å². The zero-order valence-electron chi connectivity index (χ0n) is 14.3. The third-order valence-electron chi connectivity index (χ3n) is 4.82. The SMILES string of the molecule is CCCC[C@@H](c1nnnn1CCOC)[NH+]1CC[NH+](CC)CC1. The first-order valence-electron chi connectivity index (χ1n) is 8.73. The number of piperazine rings is 1. The summed E-state index contributed by atoms with van der Waals surface area (Å²) in [6.07, 6.45) is 3.62. The van der Waals surface area contributed by atoms with Crippen molar-refractivity contribution in [3.8, 4) is 0 Å². The van der Waals surface area contributed by atoms with Crippen LogP contribution in [0.4, 0.5) is 0 Å². The number of ether oxygens (including phenoxy) is 1. The summed E-state index contributed by atoms with van der Waals surface area (Å²) < 4.78 is 7.12. The summed E-state index contributed by atoms with van der Waals surface area (Å²) in [6, 6.07) is 0.421. The van der Waals surface area contributed by atoms with Crippen molar-refractivity contribution in [3.05, 3.63) is 5.82 Å². The summed E-state index contributed by atoms with van der Waals surface area (Å²) in [7, 11) is 1.72. The second-order valence-electron chi connectivity index (χ2n) is 6.21. The molecule has 7 nitrogen and oxygen atoms in total. The van der Waals surface area contributed by atoms with E-state index in [4.69, 9.17) is 4.74 Å². The van der Waals surface area contributed by atoms with Crippen molar-refractivity contribution in [3.63, 3.8) is 0 Å². The fourth-order valence-corrected chi connectivity index (χ4v) is 3.35. The van der Waals surface area contributed by atoms with E-state index >= 15 is 0 Å². The number of rotatable bonds is 9. The Morgan fingerprint density at radius 2 is 2.00 bits per heavy atom. The molecule has 0 saturated carbocycles. The minimum absolute atomic E-state index is 0.421.